The Hall–Kier alpha value is -0.265. The van der Waals surface area contributed by atoms with Crippen LogP contribution in [-0.4, -0.2) is 66.2 Å². The van der Waals surface area contributed by atoms with Crippen LogP contribution >= 0.6 is 0 Å². The van der Waals surface area contributed by atoms with Crippen LogP contribution in [0.2, 0.25) is 0 Å². The van der Waals surface area contributed by atoms with Gasteiger partial charge in [0, 0.05) is 0 Å². The van der Waals surface area contributed by atoms with Crippen molar-refractivity contribution in [2.45, 2.75) is 0 Å². The van der Waals surface area contributed by atoms with Crippen molar-refractivity contribution in [3.8, 4) is 5.75 Å². The maximum Gasteiger partial charge on any atom is 2.00 e. The van der Waals surface area contributed by atoms with Gasteiger partial charge in [-0.15, -0.1) is 0 Å². The summed E-state index contributed by atoms with van der Waals surface area (Å²) in [5.41, 5.74) is -0.115. The van der Waals surface area contributed by atoms with Gasteiger partial charge in [-0.3, -0.25) is 0 Å². The van der Waals surface area contributed by atoms with Gasteiger partial charge in [0.15, 0.2) is 0 Å². The van der Waals surface area contributed by atoms with E-state index < -0.39 is 13.3 Å². The maximum atomic E-state index is 11.0. The Labute approximate surface area is 113 Å². The van der Waals surface area contributed by atoms with Gasteiger partial charge < -0.3 is 22.7 Å². The average Bonchev–Trinajstić information content (AvgIpc) is 2.03. The minimum Gasteiger partial charge on any atom is -1.00 e. The number of aromatic hydroxyl groups is 1. The molecule has 0 aromatic heterocycles. The summed E-state index contributed by atoms with van der Waals surface area (Å²) in [4.78, 5) is 11.0. The fourth-order valence-corrected chi connectivity index (χ4v) is 0.805. The van der Waals surface area contributed by atoms with E-state index in [0.29, 0.717) is 0 Å². The first kappa shape index (κ1) is 13.7. The normalized spacial score (nSPS) is 8.71. The topological polar surface area (TPSA) is 87.0 Å². The second-order valence-corrected chi connectivity index (χ2v) is 2.25. The molecule has 0 saturated heterocycles. The van der Waals surface area contributed by atoms with Gasteiger partial charge in [0.25, 0.3) is 0 Å². The van der Waals surface area contributed by atoms with Crippen molar-refractivity contribution >= 4 is 51.0 Å². The molecule has 0 aliphatic carbocycles. The summed E-state index contributed by atoms with van der Waals surface area (Å²) in [5, 5.41) is 25.7. The Kier molecular flexibility index (Phi) is 6.14. The molecule has 7 heteroatoms. The minimum atomic E-state index is -2.17. The first-order valence-corrected chi connectivity index (χ1v) is 3.46. The zero-order valence-electron chi connectivity index (χ0n) is 9.25. The molecule has 0 aliphatic heterocycles. The average molecular weight is 224 g/mol. The van der Waals surface area contributed by atoms with Crippen LogP contribution < -0.4 is 0 Å². The standard InChI is InChI=1S/C7H7BO5.Ca.2H/c9-6-4-2-1-3-5(6)7(10)13-8(11)12;;;/h1-4,9,11-12H;;;/q;+2;2*-1. The summed E-state index contributed by atoms with van der Waals surface area (Å²) in [6.45, 7) is 0. The molecular weight excluding hydrogens is 215 g/mol. The molecule has 0 saturated carbocycles. The Morgan fingerprint density at radius 1 is 1.36 bits per heavy atom. The molecule has 0 spiro atoms. The zero-order valence-corrected chi connectivity index (χ0v) is 9.46. The molecule has 0 amide bonds. The molecule has 0 aliphatic rings. The Morgan fingerprint density at radius 2 is 1.93 bits per heavy atom. The van der Waals surface area contributed by atoms with Crippen molar-refractivity contribution in [1.82, 2.24) is 0 Å². The number of carbonyl (C=O) groups is 1. The van der Waals surface area contributed by atoms with Crippen LogP contribution in [0.3, 0.4) is 0 Å². The molecule has 0 radical (unpaired) electrons. The van der Waals surface area contributed by atoms with Gasteiger partial charge in [-0.2, -0.15) is 0 Å². The summed E-state index contributed by atoms with van der Waals surface area (Å²) in [7, 11) is -2.17. The van der Waals surface area contributed by atoms with E-state index in [9.17, 15) is 4.79 Å². The third kappa shape index (κ3) is 3.85. The number of carbonyl (C=O) groups excluding carboxylic acids is 1. The minimum absolute atomic E-state index is 0. The van der Waals surface area contributed by atoms with E-state index in [1.807, 2.05) is 0 Å². The third-order valence-corrected chi connectivity index (χ3v) is 1.34. The van der Waals surface area contributed by atoms with Crippen LogP contribution in [0.25, 0.3) is 0 Å². The number of hydrogen-bond acceptors (Lipinski definition) is 5. The molecule has 1 rings (SSSR count). The second-order valence-electron chi connectivity index (χ2n) is 2.25. The van der Waals surface area contributed by atoms with Crippen molar-refractivity contribution in [2.75, 3.05) is 0 Å². The third-order valence-electron chi connectivity index (χ3n) is 1.34. The van der Waals surface area contributed by atoms with E-state index in [4.69, 9.17) is 15.2 Å². The van der Waals surface area contributed by atoms with E-state index in [2.05, 4.69) is 4.65 Å². The predicted molar refractivity (Wildman–Crippen MR) is 51.7 cm³/mol. The predicted octanol–water partition coefficient (Wildman–Crippen LogP) is -0.637. The van der Waals surface area contributed by atoms with E-state index in [1.54, 1.807) is 0 Å². The van der Waals surface area contributed by atoms with E-state index >= 15 is 0 Å². The smallest absolute Gasteiger partial charge is 1.00 e. The Bertz CT molecular complexity index is 325. The van der Waals surface area contributed by atoms with Gasteiger partial charge in [0.05, 0.1) is 5.56 Å². The fraction of sp³-hybridized carbons (Fsp3) is 0. The molecule has 0 unspecified atom stereocenters. The number of phenolic OH excluding ortho intramolecular Hbond substituents is 1. The zero-order chi connectivity index (χ0) is 9.84. The molecular formula is C7H9BCaO5. The molecule has 72 valence electrons. The fourth-order valence-electron chi connectivity index (χ4n) is 0.805. The molecule has 0 bridgehead atoms. The number of benzene rings is 1. The molecule has 1 aromatic carbocycles. The van der Waals surface area contributed by atoms with Crippen LogP contribution in [0.15, 0.2) is 24.3 Å². The number of rotatable bonds is 2. The SMILES string of the molecule is O=C(OB(O)O)c1ccccc1O.[Ca+2].[H-].[H-]. The molecule has 0 atom stereocenters. The number of phenols is 1. The molecule has 5 nitrogen and oxygen atoms in total. The van der Waals surface area contributed by atoms with Crippen molar-refractivity contribution in [3.63, 3.8) is 0 Å². The molecule has 14 heavy (non-hydrogen) atoms. The van der Waals surface area contributed by atoms with Crippen LogP contribution in [0.5, 0.6) is 5.75 Å². The van der Waals surface area contributed by atoms with Gasteiger partial charge in [0.2, 0.25) is 0 Å². The molecule has 0 heterocycles. The first-order valence-electron chi connectivity index (χ1n) is 3.46. The maximum absolute atomic E-state index is 11.0. The van der Waals surface area contributed by atoms with Crippen molar-refractivity contribution in [3.05, 3.63) is 29.8 Å². The Balaban J connectivity index is -0.000000563. The van der Waals surface area contributed by atoms with Crippen molar-refractivity contribution in [2.24, 2.45) is 0 Å². The van der Waals surface area contributed by atoms with Gasteiger partial charge in [0.1, 0.15) is 5.75 Å². The molecule has 1 aromatic rings. The monoisotopic (exact) mass is 224 g/mol. The Morgan fingerprint density at radius 3 is 2.43 bits per heavy atom. The van der Waals surface area contributed by atoms with E-state index in [1.165, 1.54) is 24.3 Å². The van der Waals surface area contributed by atoms with Gasteiger partial charge in [-0.05, 0) is 12.1 Å². The summed E-state index contributed by atoms with van der Waals surface area (Å²) >= 11 is 0. The van der Waals surface area contributed by atoms with E-state index in [0.717, 1.165) is 0 Å². The van der Waals surface area contributed by atoms with Gasteiger partial charge in [-0.25, -0.2) is 4.79 Å². The van der Waals surface area contributed by atoms with Crippen molar-refractivity contribution in [1.29, 1.82) is 0 Å². The van der Waals surface area contributed by atoms with Crippen LogP contribution in [-0.2, 0) is 4.65 Å². The largest absolute Gasteiger partial charge is 2.00 e. The summed E-state index contributed by atoms with van der Waals surface area (Å²) in [6, 6.07) is 5.64. The van der Waals surface area contributed by atoms with Gasteiger partial charge in [-0.1, -0.05) is 12.1 Å². The summed E-state index contributed by atoms with van der Waals surface area (Å²) < 4.78 is 4.03. The number of hydrogen-bond donors (Lipinski definition) is 3. The molecule has 0 fully saturated rings. The molecule has 3 N–H and O–H groups in total. The van der Waals surface area contributed by atoms with Gasteiger partial charge >= 0.3 is 51.0 Å². The van der Waals surface area contributed by atoms with Crippen molar-refractivity contribution < 1.29 is 27.5 Å². The van der Waals surface area contributed by atoms with Crippen LogP contribution in [0.4, 0.5) is 0 Å². The second kappa shape index (κ2) is 6.26. The first-order chi connectivity index (χ1) is 6.11. The number of para-hydroxylation sites is 1. The quantitative estimate of drug-likeness (QED) is 0.582. The van der Waals surface area contributed by atoms with E-state index in [-0.39, 0.29) is 51.9 Å². The summed E-state index contributed by atoms with van der Waals surface area (Å²) in [5.74, 6) is -1.26. The summed E-state index contributed by atoms with van der Waals surface area (Å²) in [6.07, 6.45) is 0. The van der Waals surface area contributed by atoms with Crippen LogP contribution in [0, 0.1) is 0 Å². The van der Waals surface area contributed by atoms with Crippen LogP contribution in [0.1, 0.15) is 13.2 Å².